The van der Waals surface area contributed by atoms with Gasteiger partial charge in [0.05, 0.1) is 0 Å². The molecule has 1 rings (SSSR count). The van der Waals surface area contributed by atoms with Gasteiger partial charge in [0.25, 0.3) is 0 Å². The van der Waals surface area contributed by atoms with Crippen molar-refractivity contribution in [2.24, 2.45) is 0 Å². The zero-order chi connectivity index (χ0) is 14.1. The first kappa shape index (κ1) is 14.4. The predicted octanol–water partition coefficient (Wildman–Crippen LogP) is 2.15. The number of hydrogen-bond acceptors (Lipinski definition) is 3. The highest BCUT2D eigenvalue weighted by molar-refractivity contribution is 7.71. The summed E-state index contributed by atoms with van der Waals surface area (Å²) in [6.45, 7) is 3.17. The summed E-state index contributed by atoms with van der Waals surface area (Å²) in [5, 5.41) is 3.23. The number of amides is 1. The van der Waals surface area contributed by atoms with E-state index < -0.39 is 18.0 Å². The van der Waals surface area contributed by atoms with Crippen molar-refractivity contribution in [3.8, 4) is 0 Å². The van der Waals surface area contributed by atoms with E-state index in [2.05, 4.69) is 11.7 Å². The molecule has 1 aromatic heterocycles. The Morgan fingerprint density at radius 1 is 1.56 bits per heavy atom. The minimum absolute atomic E-state index is 0.172. The van der Waals surface area contributed by atoms with E-state index in [1.807, 2.05) is 0 Å². The summed E-state index contributed by atoms with van der Waals surface area (Å²) >= 11 is 4.81. The first-order chi connectivity index (χ1) is 8.20. The molecule has 0 aromatic carbocycles. The molecule has 0 unspecified atom stereocenters. The van der Waals surface area contributed by atoms with E-state index in [1.54, 1.807) is 0 Å². The molecular weight excluding hydrogens is 269 g/mol. The van der Waals surface area contributed by atoms with Crippen molar-refractivity contribution in [3.05, 3.63) is 23.3 Å². The van der Waals surface area contributed by atoms with E-state index >= 15 is 0 Å². The number of alkyl halides is 3. The van der Waals surface area contributed by atoms with E-state index in [1.165, 1.54) is 20.2 Å². The van der Waals surface area contributed by atoms with Gasteiger partial charge in [-0.1, -0.05) is 6.08 Å². The van der Waals surface area contributed by atoms with Crippen LogP contribution in [0.3, 0.4) is 0 Å². The summed E-state index contributed by atoms with van der Waals surface area (Å²) in [4.78, 5) is 12.7. The molecule has 0 spiro atoms. The Hall–Kier alpha value is -1.64. The van der Waals surface area contributed by atoms with Gasteiger partial charge in [0.15, 0.2) is 0 Å². The Morgan fingerprint density at radius 2 is 2.11 bits per heavy atom. The molecule has 18 heavy (non-hydrogen) atoms. The number of carbonyl (C=O) groups excluding carboxylic acids is 1. The molecule has 100 valence electrons. The quantitative estimate of drug-likeness (QED) is 0.616. The lowest BCUT2D eigenvalue weighted by Crippen LogP contribution is -2.28. The van der Waals surface area contributed by atoms with Gasteiger partial charge in [0.2, 0.25) is 10.6 Å². The third kappa shape index (κ3) is 2.61. The lowest BCUT2D eigenvalue weighted by atomic mass is 10.5. The lowest BCUT2D eigenvalue weighted by molar-refractivity contribution is -0.147. The van der Waals surface area contributed by atoms with Crippen molar-refractivity contribution in [3.63, 3.8) is 0 Å². The maximum Gasteiger partial charge on any atom is 0.451 e. The van der Waals surface area contributed by atoms with Crippen LogP contribution in [0, 0.1) is 4.77 Å². The van der Waals surface area contributed by atoms with Crippen molar-refractivity contribution in [2.45, 2.75) is 12.7 Å². The Morgan fingerprint density at radius 3 is 2.50 bits per heavy atom. The number of allylic oxidation sites excluding steroid dienone is 1. The third-order valence-electron chi connectivity index (χ3n) is 1.99. The van der Waals surface area contributed by atoms with Gasteiger partial charge in [-0.2, -0.15) is 17.9 Å². The van der Waals surface area contributed by atoms with Crippen LogP contribution in [0.4, 0.5) is 18.0 Å². The van der Waals surface area contributed by atoms with E-state index in [9.17, 15) is 18.0 Å². The molecule has 0 fully saturated rings. The van der Waals surface area contributed by atoms with Crippen molar-refractivity contribution in [1.82, 2.24) is 19.2 Å². The summed E-state index contributed by atoms with van der Waals surface area (Å²) < 4.78 is 39.1. The maximum atomic E-state index is 12.7. The second kappa shape index (κ2) is 4.92. The first-order valence-electron chi connectivity index (χ1n) is 4.79. The van der Waals surface area contributed by atoms with Crippen molar-refractivity contribution in [1.29, 1.82) is 0 Å². The average molecular weight is 280 g/mol. The van der Waals surface area contributed by atoms with Crippen LogP contribution in [0.5, 0.6) is 0 Å². The summed E-state index contributed by atoms with van der Waals surface area (Å²) in [7, 11) is 2.79. The second-order valence-electron chi connectivity index (χ2n) is 3.59. The Bertz CT molecular complexity index is 529. The van der Waals surface area contributed by atoms with E-state index in [-0.39, 0.29) is 11.3 Å². The van der Waals surface area contributed by atoms with Crippen LogP contribution in [0.2, 0.25) is 0 Å². The van der Waals surface area contributed by atoms with Gasteiger partial charge in [0, 0.05) is 20.6 Å². The highest BCUT2D eigenvalue weighted by Crippen LogP contribution is 2.28. The molecule has 1 heterocycles. The fourth-order valence-electron chi connectivity index (χ4n) is 1.21. The van der Waals surface area contributed by atoms with Crippen molar-refractivity contribution >= 4 is 18.2 Å². The molecule has 0 aliphatic heterocycles. The van der Waals surface area contributed by atoms with E-state index in [0.29, 0.717) is 9.25 Å². The van der Waals surface area contributed by atoms with Crippen LogP contribution < -0.4 is 0 Å². The Balaban J connectivity index is 3.46. The average Bonchev–Trinajstić information content (AvgIpc) is 2.56. The van der Waals surface area contributed by atoms with Crippen LogP contribution in [-0.4, -0.2) is 39.4 Å². The minimum Gasteiger partial charge on any atom is -0.329 e. The molecule has 0 saturated heterocycles. The van der Waals surface area contributed by atoms with Crippen molar-refractivity contribution < 1.29 is 18.0 Å². The number of aromatic nitrogens is 3. The number of halogens is 3. The van der Waals surface area contributed by atoms with Gasteiger partial charge in [-0.3, -0.25) is 4.57 Å². The minimum atomic E-state index is -4.69. The second-order valence-corrected chi connectivity index (χ2v) is 3.96. The van der Waals surface area contributed by atoms with E-state index in [4.69, 9.17) is 12.2 Å². The molecule has 0 N–H and O–H groups in total. The van der Waals surface area contributed by atoms with Gasteiger partial charge in [-0.25, -0.2) is 4.79 Å². The predicted molar refractivity (Wildman–Crippen MR) is 60.7 cm³/mol. The van der Waals surface area contributed by atoms with Crippen LogP contribution in [-0.2, 0) is 12.7 Å². The molecule has 9 heteroatoms. The molecule has 1 amide bonds. The zero-order valence-corrected chi connectivity index (χ0v) is 10.5. The zero-order valence-electron chi connectivity index (χ0n) is 9.73. The molecule has 0 atom stereocenters. The normalized spacial score (nSPS) is 11.4. The van der Waals surface area contributed by atoms with Crippen LogP contribution in [0.15, 0.2) is 12.7 Å². The molecule has 0 bridgehead atoms. The fourth-order valence-corrected chi connectivity index (χ4v) is 1.49. The largest absolute Gasteiger partial charge is 0.451 e. The Labute approximate surface area is 106 Å². The fraction of sp³-hybridized carbons (Fsp3) is 0.444. The third-order valence-corrected chi connectivity index (χ3v) is 2.38. The van der Waals surface area contributed by atoms with Gasteiger partial charge in [0.1, 0.15) is 0 Å². The number of hydrogen-bond donors (Lipinski definition) is 0. The molecule has 0 aliphatic carbocycles. The molecule has 0 saturated carbocycles. The first-order valence-corrected chi connectivity index (χ1v) is 5.20. The molecule has 0 radical (unpaired) electrons. The monoisotopic (exact) mass is 280 g/mol. The molecule has 0 aliphatic rings. The number of rotatable bonds is 2. The van der Waals surface area contributed by atoms with Gasteiger partial charge < -0.3 is 4.90 Å². The topological polar surface area (TPSA) is 43.1 Å². The number of carbonyl (C=O) groups is 1. The maximum absolute atomic E-state index is 12.7. The standard InChI is InChI=1S/C9H11F3N4OS/c1-4-5-15-6(9(10,11)12)13-16(8(15)18)7(17)14(2)3/h4H,1,5H2,2-3H3. The summed E-state index contributed by atoms with van der Waals surface area (Å²) in [6.07, 6.45) is -3.44. The highest BCUT2D eigenvalue weighted by atomic mass is 32.1. The van der Waals surface area contributed by atoms with E-state index in [0.717, 1.165) is 4.90 Å². The van der Waals surface area contributed by atoms with Crippen LogP contribution in [0.25, 0.3) is 0 Å². The summed E-state index contributed by atoms with van der Waals surface area (Å²) in [6, 6.07) is -0.742. The molecular formula is C9H11F3N4OS. The number of nitrogens with zero attached hydrogens (tertiary/aromatic N) is 4. The highest BCUT2D eigenvalue weighted by Gasteiger charge is 2.38. The molecule has 1 aromatic rings. The summed E-state index contributed by atoms with van der Waals surface area (Å²) in [5.41, 5.74) is 0. The smallest absolute Gasteiger partial charge is 0.329 e. The SMILES string of the molecule is C=CCn1c(C(F)(F)F)nn(C(=O)N(C)C)c1=S. The molecule has 5 nitrogen and oxygen atoms in total. The Kier molecular flexibility index (Phi) is 3.95. The van der Waals surface area contributed by atoms with Crippen LogP contribution >= 0.6 is 12.2 Å². The van der Waals surface area contributed by atoms with Gasteiger partial charge in [-0.05, 0) is 12.2 Å². The van der Waals surface area contributed by atoms with Crippen LogP contribution in [0.1, 0.15) is 5.82 Å². The van der Waals surface area contributed by atoms with Gasteiger partial charge in [-0.15, -0.1) is 11.7 Å². The van der Waals surface area contributed by atoms with Gasteiger partial charge >= 0.3 is 12.2 Å². The van der Waals surface area contributed by atoms with Crippen molar-refractivity contribution in [2.75, 3.05) is 14.1 Å². The lowest BCUT2D eigenvalue weighted by Gasteiger charge is -2.08. The summed E-state index contributed by atoms with van der Waals surface area (Å²) in [5.74, 6) is -1.22.